The summed E-state index contributed by atoms with van der Waals surface area (Å²) in [7, 11) is -1.91. The zero-order valence-electron chi connectivity index (χ0n) is 18.8. The minimum Gasteiger partial charge on any atom is -0.493 e. The molecule has 3 atom stereocenters. The van der Waals surface area contributed by atoms with Crippen LogP contribution >= 0.6 is 0 Å². The number of rotatable bonds is 10. The first-order valence-electron chi connectivity index (χ1n) is 10.8. The number of nitrogens with one attached hydrogen (secondary N) is 2. The first kappa shape index (κ1) is 25.0. The molecule has 7 nitrogen and oxygen atoms in total. The zero-order valence-corrected chi connectivity index (χ0v) is 19.6. The number of sulfonamides is 1. The van der Waals surface area contributed by atoms with E-state index in [1.165, 1.54) is 0 Å². The Bertz CT molecular complexity index is 892. The Labute approximate surface area is 186 Å². The van der Waals surface area contributed by atoms with Crippen LogP contribution in [0.4, 0.5) is 0 Å². The average molecular weight is 451 g/mol. The SMILES string of the molecule is C#CCOc1ccc(C2CCCCC2NC(=O)C(NS(=O)(=O)CC)C(C)C)cc1OC. The van der Waals surface area contributed by atoms with E-state index in [9.17, 15) is 13.2 Å². The third-order valence-corrected chi connectivity index (χ3v) is 7.03. The molecule has 2 N–H and O–H groups in total. The molecule has 31 heavy (non-hydrogen) atoms. The number of benzene rings is 1. The van der Waals surface area contributed by atoms with E-state index in [1.807, 2.05) is 32.0 Å². The number of hydrogen-bond donors (Lipinski definition) is 2. The fourth-order valence-corrected chi connectivity index (χ4v) is 4.83. The molecule has 0 aromatic heterocycles. The Morgan fingerprint density at radius 1 is 1.26 bits per heavy atom. The lowest BCUT2D eigenvalue weighted by Crippen LogP contribution is -2.53. The van der Waals surface area contributed by atoms with Crippen molar-refractivity contribution in [2.45, 2.75) is 64.5 Å². The molecule has 0 bridgehead atoms. The maximum atomic E-state index is 13.0. The molecule has 0 saturated heterocycles. The predicted octanol–water partition coefficient (Wildman–Crippen LogP) is 2.81. The summed E-state index contributed by atoms with van der Waals surface area (Å²) in [5.41, 5.74) is 1.05. The van der Waals surface area contributed by atoms with Gasteiger partial charge in [-0.2, -0.15) is 0 Å². The molecule has 0 radical (unpaired) electrons. The molecule has 172 valence electrons. The van der Waals surface area contributed by atoms with Gasteiger partial charge in [-0.05, 0) is 43.4 Å². The lowest BCUT2D eigenvalue weighted by molar-refractivity contribution is -0.124. The van der Waals surface area contributed by atoms with Gasteiger partial charge in [0.2, 0.25) is 15.9 Å². The third-order valence-electron chi connectivity index (χ3n) is 5.66. The maximum absolute atomic E-state index is 13.0. The van der Waals surface area contributed by atoms with Gasteiger partial charge in [-0.25, -0.2) is 13.1 Å². The fourth-order valence-electron chi connectivity index (χ4n) is 3.90. The van der Waals surface area contributed by atoms with Gasteiger partial charge in [-0.1, -0.05) is 38.7 Å². The summed E-state index contributed by atoms with van der Waals surface area (Å²) in [6, 6.07) is 4.85. The van der Waals surface area contributed by atoms with Crippen LogP contribution in [0.25, 0.3) is 0 Å². The van der Waals surface area contributed by atoms with E-state index in [2.05, 4.69) is 16.0 Å². The van der Waals surface area contributed by atoms with Gasteiger partial charge in [-0.3, -0.25) is 4.79 Å². The number of ether oxygens (including phenoxy) is 2. The zero-order chi connectivity index (χ0) is 23.0. The fraction of sp³-hybridized carbons (Fsp3) is 0.609. The van der Waals surface area contributed by atoms with Gasteiger partial charge in [0.1, 0.15) is 12.6 Å². The molecule has 2 rings (SSSR count). The number of carbonyl (C=O) groups is 1. The van der Waals surface area contributed by atoms with Crippen LogP contribution in [-0.4, -0.2) is 45.9 Å². The highest BCUT2D eigenvalue weighted by Crippen LogP contribution is 2.37. The number of carbonyl (C=O) groups excluding carboxylic acids is 1. The normalized spacial score (nSPS) is 20.0. The van der Waals surface area contributed by atoms with Crippen LogP contribution in [0.5, 0.6) is 11.5 Å². The summed E-state index contributed by atoms with van der Waals surface area (Å²) in [6.45, 7) is 5.38. The topological polar surface area (TPSA) is 93.7 Å². The predicted molar refractivity (Wildman–Crippen MR) is 122 cm³/mol. The second-order valence-electron chi connectivity index (χ2n) is 8.15. The van der Waals surface area contributed by atoms with Crippen molar-refractivity contribution < 1.29 is 22.7 Å². The molecule has 3 unspecified atom stereocenters. The van der Waals surface area contributed by atoms with Crippen molar-refractivity contribution >= 4 is 15.9 Å². The summed E-state index contributed by atoms with van der Waals surface area (Å²) >= 11 is 0. The van der Waals surface area contributed by atoms with E-state index in [0.717, 1.165) is 31.2 Å². The van der Waals surface area contributed by atoms with Crippen molar-refractivity contribution in [3.63, 3.8) is 0 Å². The van der Waals surface area contributed by atoms with E-state index in [0.29, 0.717) is 11.5 Å². The average Bonchev–Trinajstić information content (AvgIpc) is 2.76. The van der Waals surface area contributed by atoms with Crippen molar-refractivity contribution in [1.29, 1.82) is 0 Å². The Balaban J connectivity index is 2.22. The van der Waals surface area contributed by atoms with Crippen LogP contribution < -0.4 is 19.5 Å². The number of hydrogen-bond acceptors (Lipinski definition) is 5. The molecule has 1 aliphatic rings. The minimum absolute atomic E-state index is 0.0660. The van der Waals surface area contributed by atoms with Gasteiger partial charge in [0.15, 0.2) is 11.5 Å². The van der Waals surface area contributed by atoms with Crippen LogP contribution in [0, 0.1) is 18.3 Å². The maximum Gasteiger partial charge on any atom is 0.238 e. The van der Waals surface area contributed by atoms with Crippen LogP contribution in [0.2, 0.25) is 0 Å². The van der Waals surface area contributed by atoms with Crippen LogP contribution in [0.15, 0.2) is 18.2 Å². The van der Waals surface area contributed by atoms with Crippen molar-refractivity contribution in [3.8, 4) is 23.8 Å². The standard InChI is InChI=1S/C23H34N2O5S/c1-6-14-30-20-13-12-17(15-21(20)29-5)18-10-8-9-11-19(18)24-23(26)22(16(3)4)25-31(27,28)7-2/h1,12-13,15-16,18-19,22,25H,7-11,14H2,2-5H3,(H,24,26). The molecule has 1 aromatic carbocycles. The highest BCUT2D eigenvalue weighted by Gasteiger charge is 2.33. The van der Waals surface area contributed by atoms with E-state index in [1.54, 1.807) is 14.0 Å². The first-order valence-corrected chi connectivity index (χ1v) is 12.4. The number of methoxy groups -OCH3 is 1. The van der Waals surface area contributed by atoms with E-state index in [-0.39, 0.29) is 36.1 Å². The molecule has 8 heteroatoms. The van der Waals surface area contributed by atoms with Crippen molar-refractivity contribution in [2.75, 3.05) is 19.5 Å². The van der Waals surface area contributed by atoms with E-state index < -0.39 is 16.1 Å². The Morgan fingerprint density at radius 2 is 1.97 bits per heavy atom. The summed E-state index contributed by atoms with van der Waals surface area (Å²) in [5.74, 6) is 3.19. The Morgan fingerprint density at radius 3 is 2.58 bits per heavy atom. The van der Waals surface area contributed by atoms with Crippen LogP contribution in [0.1, 0.15) is 57.9 Å². The van der Waals surface area contributed by atoms with Gasteiger partial charge in [-0.15, -0.1) is 6.42 Å². The monoisotopic (exact) mass is 450 g/mol. The summed E-state index contributed by atoms with van der Waals surface area (Å²) < 4.78 is 37.6. The van der Waals surface area contributed by atoms with Gasteiger partial charge < -0.3 is 14.8 Å². The van der Waals surface area contributed by atoms with E-state index in [4.69, 9.17) is 15.9 Å². The second kappa shape index (κ2) is 11.4. The molecular formula is C23H34N2O5S. The molecule has 1 saturated carbocycles. The number of terminal acetylenes is 1. The first-order chi connectivity index (χ1) is 14.7. The third kappa shape index (κ3) is 6.88. The molecule has 0 heterocycles. The van der Waals surface area contributed by atoms with Gasteiger partial charge >= 0.3 is 0 Å². The smallest absolute Gasteiger partial charge is 0.238 e. The highest BCUT2D eigenvalue weighted by atomic mass is 32.2. The molecule has 1 fully saturated rings. The lowest BCUT2D eigenvalue weighted by atomic mass is 9.79. The summed E-state index contributed by atoms with van der Waals surface area (Å²) in [4.78, 5) is 13.0. The van der Waals surface area contributed by atoms with E-state index >= 15 is 0 Å². The molecule has 1 aromatic rings. The second-order valence-corrected chi connectivity index (χ2v) is 10.2. The summed E-state index contributed by atoms with van der Waals surface area (Å²) in [5, 5.41) is 3.12. The van der Waals surface area contributed by atoms with Crippen LogP contribution in [-0.2, 0) is 14.8 Å². The molecule has 1 amide bonds. The van der Waals surface area contributed by atoms with Crippen molar-refractivity contribution in [1.82, 2.24) is 10.0 Å². The Hall–Kier alpha value is -2.24. The molecular weight excluding hydrogens is 416 g/mol. The summed E-state index contributed by atoms with van der Waals surface area (Å²) in [6.07, 6.45) is 9.10. The van der Waals surface area contributed by atoms with Gasteiger partial charge in [0.05, 0.1) is 12.9 Å². The van der Waals surface area contributed by atoms with Crippen molar-refractivity contribution in [3.05, 3.63) is 23.8 Å². The van der Waals surface area contributed by atoms with Gasteiger partial charge in [0.25, 0.3) is 0 Å². The van der Waals surface area contributed by atoms with Gasteiger partial charge in [0, 0.05) is 12.0 Å². The Kier molecular flexibility index (Phi) is 9.20. The van der Waals surface area contributed by atoms with Crippen molar-refractivity contribution in [2.24, 2.45) is 5.92 Å². The minimum atomic E-state index is -3.49. The highest BCUT2D eigenvalue weighted by molar-refractivity contribution is 7.89. The van der Waals surface area contributed by atoms with Crippen LogP contribution in [0.3, 0.4) is 0 Å². The molecule has 0 aliphatic heterocycles. The largest absolute Gasteiger partial charge is 0.493 e. The lowest BCUT2D eigenvalue weighted by Gasteiger charge is -2.34. The number of amides is 1. The molecule has 0 spiro atoms. The molecule has 1 aliphatic carbocycles. The quantitative estimate of drug-likeness (QED) is 0.535.